The molecule has 0 heterocycles. The molecule has 0 aliphatic carbocycles. The van der Waals surface area contributed by atoms with Crippen LogP contribution in [0.3, 0.4) is 0 Å². The van der Waals surface area contributed by atoms with Crippen molar-refractivity contribution in [3.8, 4) is 12.1 Å². The minimum Gasteiger partial charge on any atom is -0.369 e. The maximum absolute atomic E-state index is 13.6. The highest BCUT2D eigenvalue weighted by Gasteiger charge is 2.16. The zero-order valence-electron chi connectivity index (χ0n) is 9.54. The SMILES string of the molecule is CC(C#N)CN(C)c1c(F)cc(C#N)cc1F. The second-order valence-corrected chi connectivity index (χ2v) is 3.81. The van der Waals surface area contributed by atoms with Gasteiger partial charge in [-0.25, -0.2) is 8.78 Å². The fourth-order valence-corrected chi connectivity index (χ4v) is 1.54. The Morgan fingerprint density at radius 3 is 2.24 bits per heavy atom. The molecule has 0 amide bonds. The van der Waals surface area contributed by atoms with Crippen molar-refractivity contribution in [3.05, 3.63) is 29.3 Å². The van der Waals surface area contributed by atoms with Crippen LogP contribution < -0.4 is 4.90 Å². The van der Waals surface area contributed by atoms with Gasteiger partial charge in [-0.1, -0.05) is 0 Å². The molecule has 0 aliphatic heterocycles. The first-order valence-corrected chi connectivity index (χ1v) is 4.99. The van der Waals surface area contributed by atoms with Crippen molar-refractivity contribution in [1.29, 1.82) is 10.5 Å². The van der Waals surface area contributed by atoms with Crippen LogP contribution in [0.5, 0.6) is 0 Å². The smallest absolute Gasteiger partial charge is 0.150 e. The quantitative estimate of drug-likeness (QED) is 0.808. The highest BCUT2D eigenvalue weighted by atomic mass is 19.1. The molecule has 1 aromatic carbocycles. The van der Waals surface area contributed by atoms with Gasteiger partial charge in [0.2, 0.25) is 0 Å². The van der Waals surface area contributed by atoms with Crippen LogP contribution in [0.2, 0.25) is 0 Å². The first-order chi connectivity index (χ1) is 7.99. The first-order valence-electron chi connectivity index (χ1n) is 4.99. The summed E-state index contributed by atoms with van der Waals surface area (Å²) in [5.74, 6) is -1.93. The van der Waals surface area contributed by atoms with Gasteiger partial charge in [-0.3, -0.25) is 0 Å². The van der Waals surface area contributed by atoms with E-state index in [0.29, 0.717) is 0 Å². The molecule has 0 saturated heterocycles. The number of hydrogen-bond acceptors (Lipinski definition) is 3. The molecule has 5 heteroatoms. The van der Waals surface area contributed by atoms with Crippen molar-refractivity contribution < 1.29 is 8.78 Å². The van der Waals surface area contributed by atoms with Gasteiger partial charge < -0.3 is 4.90 Å². The summed E-state index contributed by atoms with van der Waals surface area (Å²) in [5, 5.41) is 17.2. The van der Waals surface area contributed by atoms with Crippen molar-refractivity contribution in [2.45, 2.75) is 6.92 Å². The highest BCUT2D eigenvalue weighted by Crippen LogP contribution is 2.24. The molecule has 3 nitrogen and oxygen atoms in total. The Bertz CT molecular complexity index is 476. The second-order valence-electron chi connectivity index (χ2n) is 3.81. The maximum Gasteiger partial charge on any atom is 0.150 e. The fraction of sp³-hybridized carbons (Fsp3) is 0.333. The van der Waals surface area contributed by atoms with E-state index in [4.69, 9.17) is 10.5 Å². The van der Waals surface area contributed by atoms with Crippen LogP contribution in [-0.2, 0) is 0 Å². The minimum atomic E-state index is -0.797. The lowest BCUT2D eigenvalue weighted by molar-refractivity contribution is 0.569. The Kier molecular flexibility index (Phi) is 4.01. The van der Waals surface area contributed by atoms with Gasteiger partial charge in [0.1, 0.15) is 5.69 Å². The Balaban J connectivity index is 3.07. The largest absolute Gasteiger partial charge is 0.369 e. The number of benzene rings is 1. The van der Waals surface area contributed by atoms with E-state index in [1.807, 2.05) is 6.07 Å². The molecular formula is C12H11F2N3. The molecule has 0 bridgehead atoms. The Hall–Kier alpha value is -2.14. The molecule has 0 saturated carbocycles. The summed E-state index contributed by atoms with van der Waals surface area (Å²) in [4.78, 5) is 1.33. The van der Waals surface area contributed by atoms with Gasteiger partial charge in [0.25, 0.3) is 0 Å². The molecule has 1 unspecified atom stereocenters. The van der Waals surface area contributed by atoms with Gasteiger partial charge in [0.15, 0.2) is 11.6 Å². The molecule has 0 radical (unpaired) electrons. The third-order valence-corrected chi connectivity index (χ3v) is 2.30. The van der Waals surface area contributed by atoms with Crippen molar-refractivity contribution in [2.75, 3.05) is 18.5 Å². The molecule has 1 aromatic rings. The van der Waals surface area contributed by atoms with Crippen LogP contribution >= 0.6 is 0 Å². The molecule has 0 aromatic heterocycles. The van der Waals surface area contributed by atoms with Crippen LogP contribution in [-0.4, -0.2) is 13.6 Å². The molecule has 17 heavy (non-hydrogen) atoms. The normalized spacial score (nSPS) is 11.4. The molecule has 88 valence electrons. The zero-order chi connectivity index (χ0) is 13.0. The molecule has 0 spiro atoms. The maximum atomic E-state index is 13.6. The van der Waals surface area contributed by atoms with E-state index in [-0.39, 0.29) is 23.7 Å². The van der Waals surface area contributed by atoms with Crippen LogP contribution in [0.4, 0.5) is 14.5 Å². The standard InChI is InChI=1S/C12H11F2N3/c1-8(5-15)7-17(2)12-10(13)3-9(6-16)4-11(12)14/h3-4,8H,7H2,1-2H3. The summed E-state index contributed by atoms with van der Waals surface area (Å²) in [6, 6.07) is 5.62. The lowest BCUT2D eigenvalue weighted by atomic mass is 10.1. The predicted molar refractivity (Wildman–Crippen MR) is 59.1 cm³/mol. The number of nitriles is 2. The monoisotopic (exact) mass is 235 g/mol. The predicted octanol–water partition coefficient (Wildman–Crippen LogP) is 2.43. The van der Waals surface area contributed by atoms with Gasteiger partial charge >= 0.3 is 0 Å². The Morgan fingerprint density at radius 2 is 1.82 bits per heavy atom. The summed E-state index contributed by atoms with van der Waals surface area (Å²) in [7, 11) is 1.50. The van der Waals surface area contributed by atoms with Crippen molar-refractivity contribution in [2.24, 2.45) is 5.92 Å². The number of halogens is 2. The van der Waals surface area contributed by atoms with Gasteiger partial charge in [-0.05, 0) is 19.1 Å². The summed E-state index contributed by atoms with van der Waals surface area (Å²) < 4.78 is 27.2. The van der Waals surface area contributed by atoms with E-state index in [1.165, 1.54) is 11.9 Å². The summed E-state index contributed by atoms with van der Waals surface area (Å²) >= 11 is 0. The molecule has 1 rings (SSSR count). The van der Waals surface area contributed by atoms with E-state index in [2.05, 4.69) is 0 Å². The van der Waals surface area contributed by atoms with Crippen LogP contribution in [0.1, 0.15) is 12.5 Å². The third kappa shape index (κ3) is 2.92. The molecule has 0 aliphatic rings. The minimum absolute atomic E-state index is 0.0644. The summed E-state index contributed by atoms with van der Waals surface area (Å²) in [6.45, 7) is 1.88. The van der Waals surface area contributed by atoms with Crippen molar-refractivity contribution in [1.82, 2.24) is 0 Å². The topological polar surface area (TPSA) is 50.8 Å². The Morgan fingerprint density at radius 1 is 1.29 bits per heavy atom. The van der Waals surface area contributed by atoms with E-state index < -0.39 is 11.6 Å². The zero-order valence-corrected chi connectivity index (χ0v) is 9.54. The van der Waals surface area contributed by atoms with E-state index in [9.17, 15) is 8.78 Å². The summed E-state index contributed by atoms with van der Waals surface area (Å²) in [6.07, 6.45) is 0. The van der Waals surface area contributed by atoms with Crippen molar-refractivity contribution in [3.63, 3.8) is 0 Å². The lowest BCUT2D eigenvalue weighted by Gasteiger charge is -2.21. The van der Waals surface area contributed by atoms with Crippen LogP contribution in [0.15, 0.2) is 12.1 Å². The van der Waals surface area contributed by atoms with Crippen LogP contribution in [0.25, 0.3) is 0 Å². The number of anilines is 1. The van der Waals surface area contributed by atoms with Gasteiger partial charge in [0, 0.05) is 13.6 Å². The molecule has 1 atom stereocenters. The first kappa shape index (κ1) is 12.9. The highest BCUT2D eigenvalue weighted by molar-refractivity contribution is 5.52. The average molecular weight is 235 g/mol. The Labute approximate surface area is 98.5 Å². The van der Waals surface area contributed by atoms with E-state index in [0.717, 1.165) is 12.1 Å². The fourth-order valence-electron chi connectivity index (χ4n) is 1.54. The number of nitrogens with zero attached hydrogens (tertiary/aromatic N) is 3. The van der Waals surface area contributed by atoms with Gasteiger partial charge in [0.05, 0.1) is 23.6 Å². The lowest BCUT2D eigenvalue weighted by Crippen LogP contribution is -2.25. The van der Waals surface area contributed by atoms with Crippen molar-refractivity contribution >= 4 is 5.69 Å². The van der Waals surface area contributed by atoms with E-state index >= 15 is 0 Å². The molecule has 0 N–H and O–H groups in total. The summed E-state index contributed by atoms with van der Waals surface area (Å²) in [5.41, 5.74) is -0.281. The van der Waals surface area contributed by atoms with Gasteiger partial charge in [-0.2, -0.15) is 10.5 Å². The second kappa shape index (κ2) is 5.27. The van der Waals surface area contributed by atoms with Gasteiger partial charge in [-0.15, -0.1) is 0 Å². The average Bonchev–Trinajstić information content (AvgIpc) is 2.27. The number of hydrogen-bond donors (Lipinski definition) is 0. The number of rotatable bonds is 3. The third-order valence-electron chi connectivity index (χ3n) is 2.30. The molecule has 0 fully saturated rings. The van der Waals surface area contributed by atoms with Crippen LogP contribution in [0, 0.1) is 40.2 Å². The van der Waals surface area contributed by atoms with E-state index in [1.54, 1.807) is 13.0 Å². The molecular weight excluding hydrogens is 224 g/mol.